The Morgan fingerprint density at radius 2 is 2.17 bits per heavy atom. The smallest absolute Gasteiger partial charge is 0.0963 e. The summed E-state index contributed by atoms with van der Waals surface area (Å²) in [6.45, 7) is 6.45. The summed E-state index contributed by atoms with van der Waals surface area (Å²) in [7, 11) is 0. The molecule has 0 aromatic heterocycles. The van der Waals surface area contributed by atoms with Gasteiger partial charge in [0.25, 0.3) is 0 Å². The van der Waals surface area contributed by atoms with Gasteiger partial charge in [0.1, 0.15) is 0 Å². The first-order valence-corrected chi connectivity index (χ1v) is 7.06. The Labute approximate surface area is 111 Å². The Bertz CT molecular complexity index is 248. The largest absolute Gasteiger partial charge is 0.387 e. The van der Waals surface area contributed by atoms with E-state index in [-0.39, 0.29) is 11.3 Å². The van der Waals surface area contributed by atoms with Crippen LogP contribution in [0.1, 0.15) is 52.4 Å². The van der Waals surface area contributed by atoms with Crippen LogP contribution in [0.4, 0.5) is 0 Å². The number of nitrogens with two attached hydrogens (primary N) is 1. The number of ether oxygens (including phenoxy) is 2. The molecule has 1 aliphatic heterocycles. The van der Waals surface area contributed by atoms with E-state index < -0.39 is 0 Å². The molecule has 1 fully saturated rings. The van der Waals surface area contributed by atoms with E-state index in [1.54, 1.807) is 0 Å². The van der Waals surface area contributed by atoms with E-state index in [4.69, 9.17) is 20.6 Å². The lowest BCUT2D eigenvalue weighted by atomic mass is 9.86. The number of rotatable bonds is 8. The van der Waals surface area contributed by atoms with Crippen molar-refractivity contribution in [1.29, 1.82) is 5.41 Å². The minimum absolute atomic E-state index is 0.174. The lowest BCUT2D eigenvalue weighted by Crippen LogP contribution is -2.30. The molecular weight excluding hydrogens is 228 g/mol. The normalized spacial score (nSPS) is 20.9. The van der Waals surface area contributed by atoms with Gasteiger partial charge in [-0.15, -0.1) is 0 Å². The Balaban J connectivity index is 1.97. The van der Waals surface area contributed by atoms with Crippen LogP contribution in [0.15, 0.2) is 0 Å². The van der Waals surface area contributed by atoms with E-state index in [1.165, 1.54) is 12.8 Å². The summed E-state index contributed by atoms with van der Waals surface area (Å²) in [4.78, 5) is 0. The molecule has 4 heteroatoms. The number of hydrogen-bond donors (Lipinski definition) is 2. The predicted octanol–water partition coefficient (Wildman–Crippen LogP) is 2.70. The van der Waals surface area contributed by atoms with Crippen molar-refractivity contribution in [1.82, 2.24) is 0 Å². The van der Waals surface area contributed by atoms with Crippen LogP contribution in [0, 0.1) is 10.8 Å². The molecule has 0 aliphatic carbocycles. The van der Waals surface area contributed by atoms with Crippen molar-refractivity contribution in [3.05, 3.63) is 0 Å². The topological polar surface area (TPSA) is 68.3 Å². The molecule has 3 N–H and O–H groups in total. The van der Waals surface area contributed by atoms with E-state index in [2.05, 4.69) is 0 Å². The fourth-order valence-electron chi connectivity index (χ4n) is 2.06. The SMILES string of the molecule is CC(C)(CCCCOCC1CCCCO1)C(=N)N. The van der Waals surface area contributed by atoms with Gasteiger partial charge in [-0.25, -0.2) is 0 Å². The van der Waals surface area contributed by atoms with Gasteiger partial charge in [0.15, 0.2) is 0 Å². The van der Waals surface area contributed by atoms with Crippen molar-refractivity contribution in [2.45, 2.75) is 58.5 Å². The number of nitrogens with one attached hydrogen (secondary N) is 1. The van der Waals surface area contributed by atoms with Gasteiger partial charge in [-0.3, -0.25) is 5.41 Å². The fourth-order valence-corrected chi connectivity index (χ4v) is 2.06. The lowest BCUT2D eigenvalue weighted by molar-refractivity contribution is -0.0412. The molecule has 0 saturated carbocycles. The highest BCUT2D eigenvalue weighted by molar-refractivity contribution is 5.82. The van der Waals surface area contributed by atoms with Crippen LogP contribution in [0.3, 0.4) is 0 Å². The molecular formula is C14H28N2O2. The number of unbranched alkanes of at least 4 members (excludes halogenated alkanes) is 1. The van der Waals surface area contributed by atoms with E-state index in [0.717, 1.165) is 45.5 Å². The highest BCUT2D eigenvalue weighted by atomic mass is 16.5. The molecule has 0 radical (unpaired) electrons. The van der Waals surface area contributed by atoms with Crippen LogP contribution >= 0.6 is 0 Å². The van der Waals surface area contributed by atoms with Crippen molar-refractivity contribution < 1.29 is 9.47 Å². The van der Waals surface area contributed by atoms with Crippen LogP contribution in [0.25, 0.3) is 0 Å². The predicted molar refractivity (Wildman–Crippen MR) is 74.0 cm³/mol. The molecule has 0 spiro atoms. The monoisotopic (exact) mass is 256 g/mol. The van der Waals surface area contributed by atoms with Gasteiger partial charge in [-0.2, -0.15) is 0 Å². The average Bonchev–Trinajstić information content (AvgIpc) is 2.34. The van der Waals surface area contributed by atoms with Crippen LogP contribution in [0.5, 0.6) is 0 Å². The second-order valence-corrected chi connectivity index (χ2v) is 5.82. The fraction of sp³-hybridized carbons (Fsp3) is 0.929. The molecule has 0 amide bonds. The number of hydrogen-bond acceptors (Lipinski definition) is 3. The van der Waals surface area contributed by atoms with Gasteiger partial charge in [0, 0.05) is 18.6 Å². The summed E-state index contributed by atoms with van der Waals surface area (Å²) < 4.78 is 11.2. The van der Waals surface area contributed by atoms with Crippen molar-refractivity contribution in [2.24, 2.45) is 11.1 Å². The summed E-state index contributed by atoms with van der Waals surface area (Å²) in [6.07, 6.45) is 6.94. The minimum atomic E-state index is -0.174. The Morgan fingerprint density at radius 1 is 1.39 bits per heavy atom. The zero-order valence-corrected chi connectivity index (χ0v) is 11.8. The molecule has 0 aromatic carbocycles. The molecule has 106 valence electrons. The minimum Gasteiger partial charge on any atom is -0.387 e. The maximum Gasteiger partial charge on any atom is 0.0963 e. The van der Waals surface area contributed by atoms with Crippen molar-refractivity contribution >= 4 is 5.84 Å². The molecule has 18 heavy (non-hydrogen) atoms. The summed E-state index contributed by atoms with van der Waals surface area (Å²) in [5.74, 6) is 0.277. The maximum atomic E-state index is 7.48. The number of amidine groups is 1. The van der Waals surface area contributed by atoms with E-state index in [0.29, 0.717) is 6.10 Å². The molecule has 0 aromatic rings. The van der Waals surface area contributed by atoms with Gasteiger partial charge < -0.3 is 15.2 Å². The van der Waals surface area contributed by atoms with E-state index >= 15 is 0 Å². The molecule has 1 atom stereocenters. The van der Waals surface area contributed by atoms with E-state index in [1.807, 2.05) is 13.8 Å². The van der Waals surface area contributed by atoms with Gasteiger partial charge in [-0.05, 0) is 32.1 Å². The van der Waals surface area contributed by atoms with E-state index in [9.17, 15) is 0 Å². The second-order valence-electron chi connectivity index (χ2n) is 5.82. The van der Waals surface area contributed by atoms with Crippen molar-refractivity contribution in [2.75, 3.05) is 19.8 Å². The van der Waals surface area contributed by atoms with Gasteiger partial charge in [0.05, 0.1) is 18.5 Å². The molecule has 0 bridgehead atoms. The second kappa shape index (κ2) is 7.74. The summed E-state index contributed by atoms with van der Waals surface area (Å²) in [5, 5.41) is 7.48. The van der Waals surface area contributed by atoms with Crippen LogP contribution in [-0.2, 0) is 9.47 Å². The quantitative estimate of drug-likeness (QED) is 0.398. The zero-order valence-electron chi connectivity index (χ0n) is 11.8. The van der Waals surface area contributed by atoms with Crippen molar-refractivity contribution in [3.8, 4) is 0 Å². The summed E-state index contributed by atoms with van der Waals surface area (Å²) in [5.41, 5.74) is 5.37. The zero-order chi connectivity index (χ0) is 13.4. The molecule has 1 aliphatic rings. The van der Waals surface area contributed by atoms with Gasteiger partial charge >= 0.3 is 0 Å². The Hall–Kier alpha value is -0.610. The molecule has 1 unspecified atom stereocenters. The third-order valence-electron chi connectivity index (χ3n) is 3.65. The van der Waals surface area contributed by atoms with Crippen LogP contribution in [-0.4, -0.2) is 31.8 Å². The maximum absolute atomic E-state index is 7.48. The van der Waals surface area contributed by atoms with Crippen LogP contribution < -0.4 is 5.73 Å². The third-order valence-corrected chi connectivity index (χ3v) is 3.65. The Kier molecular flexibility index (Phi) is 6.65. The first-order valence-electron chi connectivity index (χ1n) is 7.06. The highest BCUT2D eigenvalue weighted by Gasteiger charge is 2.20. The van der Waals surface area contributed by atoms with Gasteiger partial charge in [0.2, 0.25) is 0 Å². The van der Waals surface area contributed by atoms with Crippen LogP contribution in [0.2, 0.25) is 0 Å². The van der Waals surface area contributed by atoms with Gasteiger partial charge in [-0.1, -0.05) is 20.3 Å². The summed E-state index contributed by atoms with van der Waals surface area (Å²) in [6, 6.07) is 0. The van der Waals surface area contributed by atoms with Crippen molar-refractivity contribution in [3.63, 3.8) is 0 Å². The third kappa shape index (κ3) is 5.83. The first kappa shape index (κ1) is 15.4. The standard InChI is InChI=1S/C14H28N2O2/c1-14(2,13(15)16)8-4-6-9-17-11-12-7-3-5-10-18-12/h12H,3-11H2,1-2H3,(H3,15,16). The molecule has 1 saturated heterocycles. The first-order chi connectivity index (χ1) is 8.52. The summed E-state index contributed by atoms with van der Waals surface area (Å²) >= 11 is 0. The lowest BCUT2D eigenvalue weighted by Gasteiger charge is -2.23. The average molecular weight is 256 g/mol. The molecule has 4 nitrogen and oxygen atoms in total. The molecule has 1 rings (SSSR count). The molecule has 1 heterocycles. The highest BCUT2D eigenvalue weighted by Crippen LogP contribution is 2.22. The Morgan fingerprint density at radius 3 is 2.78 bits per heavy atom.